The average Bonchev–Trinajstić information content (AvgIpc) is 2.60. The molecule has 0 N–H and O–H groups in total. The molecule has 0 aliphatic carbocycles. The molecule has 3 aromatic rings. The van der Waals surface area contributed by atoms with Crippen molar-refractivity contribution < 1.29 is 18.2 Å². The van der Waals surface area contributed by atoms with Gasteiger partial charge in [-0.05, 0) is 27.2 Å². The number of halogens is 3. The van der Waals surface area contributed by atoms with Crippen LogP contribution in [0.1, 0.15) is 27.8 Å². The van der Waals surface area contributed by atoms with E-state index in [0.717, 1.165) is 6.42 Å². The second-order valence-corrected chi connectivity index (χ2v) is 18.1. The molecule has 0 fully saturated rings. The Balaban J connectivity index is 0.000000481. The van der Waals surface area contributed by atoms with Gasteiger partial charge in [-0.15, -0.1) is 0 Å². The summed E-state index contributed by atoms with van der Waals surface area (Å²) >= 11 is -2.13. The zero-order valence-corrected chi connectivity index (χ0v) is 20.3. The number of hydrogen-bond acceptors (Lipinski definition) is 0. The van der Waals surface area contributed by atoms with Crippen molar-refractivity contribution >= 4 is 48.6 Å². The molecular formula is C22H20BCl3Zr-. The summed E-state index contributed by atoms with van der Waals surface area (Å²) in [7, 11) is 15.0. The Morgan fingerprint density at radius 1 is 0.889 bits per heavy atom. The average molecular weight is 493 g/mol. The van der Waals surface area contributed by atoms with E-state index in [9.17, 15) is 0 Å². The van der Waals surface area contributed by atoms with Crippen molar-refractivity contribution in [3.63, 3.8) is 0 Å². The van der Waals surface area contributed by atoms with Crippen LogP contribution in [0.25, 0.3) is 0 Å². The molecule has 0 nitrogen and oxygen atoms in total. The van der Waals surface area contributed by atoms with Crippen LogP contribution in [-0.4, -0.2) is 6.71 Å². The van der Waals surface area contributed by atoms with Crippen molar-refractivity contribution in [1.82, 2.24) is 0 Å². The summed E-state index contributed by atoms with van der Waals surface area (Å²) in [5, 5.41) is 0. The van der Waals surface area contributed by atoms with E-state index in [1.165, 1.54) is 44.2 Å². The Labute approximate surface area is 181 Å². The second-order valence-electron chi connectivity index (χ2n) is 6.94. The van der Waals surface area contributed by atoms with Gasteiger partial charge in [-0.1, -0.05) is 69.6 Å². The van der Waals surface area contributed by atoms with Gasteiger partial charge in [-0.2, -0.15) is 35.3 Å². The van der Waals surface area contributed by atoms with Crippen molar-refractivity contribution in [3.05, 3.63) is 88.5 Å². The van der Waals surface area contributed by atoms with Crippen LogP contribution in [0.5, 0.6) is 0 Å². The number of rotatable bonds is 1. The molecule has 0 amide bonds. The first-order valence-corrected chi connectivity index (χ1v) is 18.4. The molecule has 1 aliphatic heterocycles. The molecule has 0 bridgehead atoms. The maximum atomic E-state index is 5.00. The zero-order valence-electron chi connectivity index (χ0n) is 15.6. The summed E-state index contributed by atoms with van der Waals surface area (Å²) in [6.45, 7) is 6.97. The van der Waals surface area contributed by atoms with Gasteiger partial charge in [0.25, 0.3) is 0 Å². The first-order chi connectivity index (χ1) is 12.9. The molecule has 3 aromatic carbocycles. The number of aryl methyl sites for hydroxylation is 3. The first kappa shape index (κ1) is 21.2. The number of fused-ring (bicyclic) bond motifs is 2. The van der Waals surface area contributed by atoms with E-state index in [1.807, 2.05) is 0 Å². The third-order valence-corrected chi connectivity index (χ3v) is 5.04. The van der Waals surface area contributed by atoms with Gasteiger partial charge in [0.15, 0.2) is 0 Å². The van der Waals surface area contributed by atoms with Crippen LogP contribution in [0, 0.1) is 26.8 Å². The standard InChI is InChI=1S/C22H20B.3ClH.Zr/c1-15-12-16(2)22(17(3)13-15)23-20-10-6-4-8-18(20)14-19-9-5-7-11-21(19)23;;;;/h4-10,12-13H,14H2,1-3H3;3*1H;/q-1;;;;+3/p-3. The van der Waals surface area contributed by atoms with Crippen molar-refractivity contribution in [3.8, 4) is 0 Å². The fraction of sp³-hybridized carbons (Fsp3) is 0.182. The van der Waals surface area contributed by atoms with Gasteiger partial charge in [0.05, 0.1) is 0 Å². The molecule has 0 radical (unpaired) electrons. The summed E-state index contributed by atoms with van der Waals surface area (Å²) < 4.78 is 0. The van der Waals surface area contributed by atoms with Gasteiger partial charge in [0.2, 0.25) is 6.71 Å². The molecule has 1 aliphatic rings. The van der Waals surface area contributed by atoms with Crippen LogP contribution in [0.15, 0.2) is 54.6 Å². The molecule has 0 saturated carbocycles. The summed E-state index contributed by atoms with van der Waals surface area (Å²) in [5.74, 6) is 0. The molecule has 1 heterocycles. The third-order valence-electron chi connectivity index (χ3n) is 5.04. The zero-order chi connectivity index (χ0) is 19.6. The molecule has 0 atom stereocenters. The quantitative estimate of drug-likeness (QED) is 0.262. The predicted molar refractivity (Wildman–Crippen MR) is 117 cm³/mol. The predicted octanol–water partition coefficient (Wildman–Crippen LogP) is 4.90. The van der Waals surface area contributed by atoms with E-state index in [0.29, 0.717) is 6.71 Å². The number of benzene rings is 3. The topological polar surface area (TPSA) is 0 Å². The van der Waals surface area contributed by atoms with E-state index in [1.54, 1.807) is 0 Å². The van der Waals surface area contributed by atoms with Crippen LogP contribution in [-0.2, 0) is 24.6 Å². The molecule has 5 heteroatoms. The Morgan fingerprint density at radius 3 is 2.15 bits per heavy atom. The Bertz CT molecular complexity index is 885. The summed E-state index contributed by atoms with van der Waals surface area (Å²) in [6, 6.07) is 23.5. The first-order valence-electron chi connectivity index (χ1n) is 8.87. The normalized spacial score (nSPS) is 11.9. The molecule has 27 heavy (non-hydrogen) atoms. The molecule has 4 rings (SSSR count). The van der Waals surface area contributed by atoms with Crippen LogP contribution in [0.3, 0.4) is 0 Å². The third kappa shape index (κ3) is 4.91. The van der Waals surface area contributed by atoms with Crippen LogP contribution < -0.4 is 16.4 Å². The van der Waals surface area contributed by atoms with E-state index in [2.05, 4.69) is 81.4 Å². The van der Waals surface area contributed by atoms with E-state index < -0.39 is 18.2 Å². The van der Waals surface area contributed by atoms with Gasteiger partial charge in [-0.25, -0.2) is 0 Å². The van der Waals surface area contributed by atoms with Crippen molar-refractivity contribution in [2.24, 2.45) is 0 Å². The van der Waals surface area contributed by atoms with Gasteiger partial charge in [-0.3, -0.25) is 0 Å². The Kier molecular flexibility index (Phi) is 7.31. The molecule has 0 unspecified atom stereocenters. The minimum absolute atomic E-state index is 0.303. The van der Waals surface area contributed by atoms with Crippen molar-refractivity contribution in [2.75, 3.05) is 0 Å². The molecule has 137 valence electrons. The molecule has 0 saturated heterocycles. The molecular weight excluding hydrogens is 473 g/mol. The van der Waals surface area contributed by atoms with Gasteiger partial charge in [0.1, 0.15) is 0 Å². The van der Waals surface area contributed by atoms with E-state index in [-0.39, 0.29) is 0 Å². The van der Waals surface area contributed by atoms with Crippen LogP contribution in [0.4, 0.5) is 0 Å². The van der Waals surface area contributed by atoms with Gasteiger partial charge >= 0.3 is 43.7 Å². The van der Waals surface area contributed by atoms with Gasteiger partial charge < -0.3 is 0 Å². The number of hydrogen-bond donors (Lipinski definition) is 0. The fourth-order valence-corrected chi connectivity index (χ4v) is 4.19. The van der Waals surface area contributed by atoms with Crippen LogP contribution >= 0.6 is 25.5 Å². The van der Waals surface area contributed by atoms with Crippen LogP contribution in [0.2, 0.25) is 0 Å². The summed E-state index contributed by atoms with van der Waals surface area (Å²) in [6.07, 6.45) is 1.02. The Hall–Kier alpha value is -0.522. The minimum atomic E-state index is -2.13. The maximum absolute atomic E-state index is 5.00. The van der Waals surface area contributed by atoms with Crippen molar-refractivity contribution in [2.45, 2.75) is 27.2 Å². The Morgan fingerprint density at radius 2 is 1.48 bits per heavy atom. The van der Waals surface area contributed by atoms with E-state index in [4.69, 9.17) is 25.5 Å². The second kappa shape index (κ2) is 9.32. The van der Waals surface area contributed by atoms with Gasteiger partial charge in [0, 0.05) is 0 Å². The fourth-order valence-electron chi connectivity index (χ4n) is 4.19. The molecule has 0 spiro atoms. The van der Waals surface area contributed by atoms with Crippen molar-refractivity contribution in [1.29, 1.82) is 0 Å². The van der Waals surface area contributed by atoms with E-state index >= 15 is 0 Å². The summed E-state index contributed by atoms with van der Waals surface area (Å²) in [5.41, 5.74) is 11.2. The molecule has 0 aromatic heterocycles. The summed E-state index contributed by atoms with van der Waals surface area (Å²) in [4.78, 5) is 0. The SMILES string of the molecule is Cc1cc(C)c(B2c3[c-]cccc3Cc3ccccc32)c(C)c1.[Cl][Zr]([Cl])[Cl]. The monoisotopic (exact) mass is 490 g/mol.